The minimum Gasteiger partial charge on any atom is -0.507 e. The average molecular weight is 528 g/mol. The maximum absolute atomic E-state index is 13.4. The zero-order valence-electron chi connectivity index (χ0n) is 23.0. The Morgan fingerprint density at radius 1 is 0.897 bits per heavy atom. The number of unbranched alkanes of at least 4 members (excludes halogenated alkanes) is 2. The largest absolute Gasteiger partial charge is 0.507 e. The Morgan fingerprint density at radius 3 is 2.33 bits per heavy atom. The molecule has 204 valence electrons. The summed E-state index contributed by atoms with van der Waals surface area (Å²) in [7, 11) is 0. The van der Waals surface area contributed by atoms with E-state index in [4.69, 9.17) is 9.47 Å². The van der Waals surface area contributed by atoms with Gasteiger partial charge in [-0.2, -0.15) is 0 Å². The van der Waals surface area contributed by atoms with Gasteiger partial charge in [0, 0.05) is 12.1 Å². The normalized spacial score (nSPS) is 16.5. The maximum atomic E-state index is 13.4. The number of Topliss-reactive ketones (excluding diaryl/α,β-unsaturated/α-hetero) is 1. The summed E-state index contributed by atoms with van der Waals surface area (Å²) in [5, 5.41) is 11.4. The van der Waals surface area contributed by atoms with E-state index in [1.54, 1.807) is 17.0 Å². The number of aliphatic hydroxyl groups is 1. The first-order valence-corrected chi connectivity index (χ1v) is 13.7. The van der Waals surface area contributed by atoms with Crippen LogP contribution in [0.3, 0.4) is 0 Å². The molecule has 0 aliphatic carbocycles. The van der Waals surface area contributed by atoms with Gasteiger partial charge in [0.25, 0.3) is 11.7 Å². The van der Waals surface area contributed by atoms with Crippen LogP contribution in [0.25, 0.3) is 5.76 Å². The van der Waals surface area contributed by atoms with Crippen LogP contribution in [0.1, 0.15) is 61.4 Å². The molecular weight excluding hydrogens is 490 g/mol. The molecule has 1 aliphatic rings. The van der Waals surface area contributed by atoms with E-state index in [9.17, 15) is 14.7 Å². The smallest absolute Gasteiger partial charge is 0.295 e. The molecule has 1 fully saturated rings. The van der Waals surface area contributed by atoms with E-state index in [1.807, 2.05) is 74.5 Å². The Bertz CT molecular complexity index is 1310. The van der Waals surface area contributed by atoms with Crippen molar-refractivity contribution in [3.05, 3.63) is 101 Å². The third-order valence-corrected chi connectivity index (χ3v) is 6.94. The van der Waals surface area contributed by atoms with Crippen LogP contribution in [-0.4, -0.2) is 41.5 Å². The number of aryl methyl sites for hydroxylation is 1. The number of ether oxygens (including phenoxy) is 2. The standard InChI is InChI=1S/C33H37NO5/c1-4-6-10-21-39-27-18-17-26(22-28(27)38-5-2)30-29(31(35)25-15-13-23(3)14-16-25)32(36)33(37)34(30)20-19-24-11-8-7-9-12-24/h7-9,11-18,22,30,35H,4-6,10,19-21H2,1-3H3. The highest BCUT2D eigenvalue weighted by atomic mass is 16.5. The SMILES string of the molecule is CCCCCOc1ccc(C2C(=C(O)c3ccc(C)cc3)C(=O)C(=O)N2CCc2ccccc2)cc1OCC. The first-order valence-electron chi connectivity index (χ1n) is 13.7. The second kappa shape index (κ2) is 13.1. The summed E-state index contributed by atoms with van der Waals surface area (Å²) in [6.45, 7) is 7.33. The van der Waals surface area contributed by atoms with Gasteiger partial charge in [0.1, 0.15) is 5.76 Å². The van der Waals surface area contributed by atoms with Crippen LogP contribution in [0.5, 0.6) is 11.5 Å². The molecule has 3 aromatic carbocycles. The molecule has 39 heavy (non-hydrogen) atoms. The number of rotatable bonds is 12. The van der Waals surface area contributed by atoms with E-state index in [2.05, 4.69) is 6.92 Å². The average Bonchev–Trinajstić information content (AvgIpc) is 3.20. The molecule has 1 N–H and O–H groups in total. The lowest BCUT2D eigenvalue weighted by Gasteiger charge is -2.26. The van der Waals surface area contributed by atoms with Crippen molar-refractivity contribution in [1.82, 2.24) is 4.90 Å². The fourth-order valence-electron chi connectivity index (χ4n) is 4.83. The maximum Gasteiger partial charge on any atom is 0.295 e. The van der Waals surface area contributed by atoms with Crippen molar-refractivity contribution in [3.8, 4) is 11.5 Å². The first-order chi connectivity index (χ1) is 18.9. The van der Waals surface area contributed by atoms with Crippen LogP contribution in [0.4, 0.5) is 0 Å². The molecule has 0 radical (unpaired) electrons. The lowest BCUT2D eigenvalue weighted by molar-refractivity contribution is -0.139. The number of hydrogen-bond acceptors (Lipinski definition) is 5. The zero-order valence-corrected chi connectivity index (χ0v) is 23.0. The number of nitrogens with zero attached hydrogens (tertiary/aromatic N) is 1. The van der Waals surface area contributed by atoms with Gasteiger partial charge in [-0.25, -0.2) is 0 Å². The molecule has 0 aromatic heterocycles. The van der Waals surface area contributed by atoms with Gasteiger partial charge in [0.05, 0.1) is 24.8 Å². The second-order valence-corrected chi connectivity index (χ2v) is 9.79. The minimum absolute atomic E-state index is 0.0796. The topological polar surface area (TPSA) is 76.1 Å². The molecular formula is C33H37NO5. The highest BCUT2D eigenvalue weighted by Gasteiger charge is 2.46. The molecule has 1 unspecified atom stereocenters. The molecule has 1 atom stereocenters. The second-order valence-electron chi connectivity index (χ2n) is 9.79. The molecule has 4 rings (SSSR count). The van der Waals surface area contributed by atoms with Gasteiger partial charge in [-0.15, -0.1) is 0 Å². The molecule has 6 heteroatoms. The molecule has 0 saturated carbocycles. The molecule has 0 bridgehead atoms. The Hall–Kier alpha value is -4.06. The zero-order chi connectivity index (χ0) is 27.8. The number of carbonyl (C=O) groups is 2. The van der Waals surface area contributed by atoms with Crippen LogP contribution >= 0.6 is 0 Å². The monoisotopic (exact) mass is 527 g/mol. The number of benzene rings is 3. The van der Waals surface area contributed by atoms with E-state index in [0.717, 1.165) is 30.4 Å². The number of carbonyl (C=O) groups excluding carboxylic acids is 2. The molecule has 1 amide bonds. The van der Waals surface area contributed by atoms with Crippen LogP contribution < -0.4 is 9.47 Å². The Balaban J connectivity index is 1.76. The van der Waals surface area contributed by atoms with E-state index >= 15 is 0 Å². The minimum atomic E-state index is -0.761. The Morgan fingerprint density at radius 2 is 1.64 bits per heavy atom. The summed E-state index contributed by atoms with van der Waals surface area (Å²) in [4.78, 5) is 28.3. The number of amides is 1. The molecule has 6 nitrogen and oxygen atoms in total. The number of hydrogen-bond donors (Lipinski definition) is 1. The van der Waals surface area contributed by atoms with Crippen molar-refractivity contribution >= 4 is 17.4 Å². The van der Waals surface area contributed by atoms with Crippen molar-refractivity contribution in [2.45, 2.75) is 52.5 Å². The fourth-order valence-corrected chi connectivity index (χ4v) is 4.83. The molecule has 1 saturated heterocycles. The van der Waals surface area contributed by atoms with Gasteiger partial charge < -0.3 is 19.5 Å². The summed E-state index contributed by atoms with van der Waals surface area (Å²) >= 11 is 0. The lowest BCUT2D eigenvalue weighted by Crippen LogP contribution is -2.31. The van der Waals surface area contributed by atoms with Gasteiger partial charge in [0.2, 0.25) is 0 Å². The molecule has 3 aromatic rings. The summed E-state index contributed by atoms with van der Waals surface area (Å²) in [6, 6.07) is 21.8. The van der Waals surface area contributed by atoms with Crippen LogP contribution in [0.2, 0.25) is 0 Å². The Kier molecular flexibility index (Phi) is 9.42. The van der Waals surface area contributed by atoms with Crippen LogP contribution in [0.15, 0.2) is 78.4 Å². The quantitative estimate of drug-likeness (QED) is 0.124. The molecule has 1 aliphatic heterocycles. The van der Waals surface area contributed by atoms with Gasteiger partial charge in [0.15, 0.2) is 11.5 Å². The van der Waals surface area contributed by atoms with E-state index in [0.29, 0.717) is 48.8 Å². The number of ketones is 1. The summed E-state index contributed by atoms with van der Waals surface area (Å²) in [5.74, 6) is -0.322. The van der Waals surface area contributed by atoms with E-state index in [-0.39, 0.29) is 11.3 Å². The number of aliphatic hydroxyl groups excluding tert-OH is 1. The summed E-state index contributed by atoms with van der Waals surface area (Å²) in [6.07, 6.45) is 3.70. The first kappa shape index (κ1) is 28.0. The Labute approximate surface area is 230 Å². The molecule has 1 heterocycles. The third kappa shape index (κ3) is 6.51. The third-order valence-electron chi connectivity index (χ3n) is 6.94. The van der Waals surface area contributed by atoms with Crippen molar-refractivity contribution in [2.75, 3.05) is 19.8 Å². The van der Waals surface area contributed by atoms with Gasteiger partial charge in [-0.05, 0) is 49.9 Å². The number of likely N-dealkylation sites (tertiary alicyclic amines) is 1. The van der Waals surface area contributed by atoms with Crippen molar-refractivity contribution in [2.24, 2.45) is 0 Å². The van der Waals surface area contributed by atoms with E-state index in [1.165, 1.54) is 0 Å². The lowest BCUT2D eigenvalue weighted by atomic mass is 9.94. The van der Waals surface area contributed by atoms with Crippen molar-refractivity contribution in [1.29, 1.82) is 0 Å². The predicted octanol–water partition coefficient (Wildman–Crippen LogP) is 6.63. The predicted molar refractivity (Wildman–Crippen MR) is 153 cm³/mol. The fraction of sp³-hybridized carbons (Fsp3) is 0.333. The highest BCUT2D eigenvalue weighted by Crippen LogP contribution is 2.42. The van der Waals surface area contributed by atoms with Gasteiger partial charge in [-0.1, -0.05) is 86.0 Å². The van der Waals surface area contributed by atoms with Gasteiger partial charge in [-0.3, -0.25) is 9.59 Å². The summed E-state index contributed by atoms with van der Waals surface area (Å²) < 4.78 is 11.9. The molecule has 0 spiro atoms. The van der Waals surface area contributed by atoms with Crippen LogP contribution in [0, 0.1) is 6.92 Å². The summed E-state index contributed by atoms with van der Waals surface area (Å²) in [5.41, 5.74) is 3.34. The van der Waals surface area contributed by atoms with E-state index < -0.39 is 17.7 Å². The van der Waals surface area contributed by atoms with Crippen molar-refractivity contribution in [3.63, 3.8) is 0 Å². The highest BCUT2D eigenvalue weighted by molar-refractivity contribution is 6.46. The van der Waals surface area contributed by atoms with Gasteiger partial charge >= 0.3 is 0 Å². The van der Waals surface area contributed by atoms with Crippen molar-refractivity contribution < 1.29 is 24.2 Å². The van der Waals surface area contributed by atoms with Crippen LogP contribution in [-0.2, 0) is 16.0 Å².